The zero-order chi connectivity index (χ0) is 22.2. The Balaban J connectivity index is 1.58. The molecule has 0 spiro atoms. The number of alkyl carbamates (subject to hydrolysis) is 1. The number of rotatable bonds is 9. The Morgan fingerprint density at radius 3 is 2.55 bits per heavy atom. The molecule has 0 fully saturated rings. The van der Waals surface area contributed by atoms with E-state index in [1.807, 2.05) is 30.3 Å². The Morgan fingerprint density at radius 2 is 1.87 bits per heavy atom. The van der Waals surface area contributed by atoms with E-state index in [0.29, 0.717) is 21.6 Å². The van der Waals surface area contributed by atoms with Crippen LogP contribution in [0.25, 0.3) is 0 Å². The minimum atomic E-state index is -0.731. The average Bonchev–Trinajstić information content (AvgIpc) is 3.16. The first-order chi connectivity index (χ1) is 14.9. The topological polar surface area (TPSA) is 99.0 Å². The number of benzene rings is 2. The zero-order valence-electron chi connectivity index (χ0n) is 16.5. The fraction of sp³-hybridized carbons (Fsp3) is 0.250. The first-order valence-electron chi connectivity index (χ1n) is 9.34. The van der Waals surface area contributed by atoms with Crippen LogP contribution in [0.4, 0.5) is 4.79 Å². The van der Waals surface area contributed by atoms with E-state index in [-0.39, 0.29) is 18.9 Å². The summed E-state index contributed by atoms with van der Waals surface area (Å²) in [5.41, 5.74) is 0.855. The molecule has 0 aliphatic carbocycles. The van der Waals surface area contributed by atoms with Gasteiger partial charge in [0.2, 0.25) is 5.16 Å². The molecular formula is C20H19Cl2N5O3S. The maximum atomic E-state index is 12.7. The molecule has 1 heterocycles. The molecule has 1 N–H and O–H groups in total. The SMILES string of the molecule is CCC(NC(=O)OCc1ccccc1)C(=O)Cn1nnnc1Sc1cc(Cl)cc(Cl)c1. The smallest absolute Gasteiger partial charge is 0.408 e. The summed E-state index contributed by atoms with van der Waals surface area (Å²) in [6.07, 6.45) is -0.266. The number of carbonyl (C=O) groups excluding carboxylic acids is 2. The molecule has 1 unspecified atom stereocenters. The number of tetrazole rings is 1. The lowest BCUT2D eigenvalue weighted by Crippen LogP contribution is -2.42. The molecule has 0 aliphatic rings. The maximum Gasteiger partial charge on any atom is 0.408 e. The quantitative estimate of drug-likeness (QED) is 0.485. The van der Waals surface area contributed by atoms with E-state index < -0.39 is 12.1 Å². The van der Waals surface area contributed by atoms with Crippen LogP contribution in [0.1, 0.15) is 18.9 Å². The standard InChI is InChI=1S/C20H19Cl2N5O3S/c1-2-17(23-20(29)30-12-13-6-4-3-5-7-13)18(28)11-27-19(24-25-26-27)31-16-9-14(21)8-15(22)10-16/h3-10,17H,2,11-12H2,1H3,(H,23,29). The molecule has 3 rings (SSSR count). The van der Waals surface area contributed by atoms with Crippen LogP contribution in [0.2, 0.25) is 10.0 Å². The second kappa shape index (κ2) is 11.1. The summed E-state index contributed by atoms with van der Waals surface area (Å²) < 4.78 is 6.55. The van der Waals surface area contributed by atoms with Crippen LogP contribution < -0.4 is 5.32 Å². The fourth-order valence-corrected chi connectivity index (χ4v) is 4.16. The van der Waals surface area contributed by atoms with Gasteiger partial charge in [-0.1, -0.05) is 60.5 Å². The van der Waals surface area contributed by atoms with Gasteiger partial charge in [-0.05, 0) is 52.4 Å². The van der Waals surface area contributed by atoms with Gasteiger partial charge in [0.15, 0.2) is 5.78 Å². The number of ketones is 1. The Hall–Kier alpha value is -2.62. The highest BCUT2D eigenvalue weighted by molar-refractivity contribution is 7.99. The lowest BCUT2D eigenvalue weighted by atomic mass is 10.1. The van der Waals surface area contributed by atoms with Crippen LogP contribution in [0.5, 0.6) is 0 Å². The highest BCUT2D eigenvalue weighted by Crippen LogP contribution is 2.30. The number of aromatic nitrogens is 4. The summed E-state index contributed by atoms with van der Waals surface area (Å²) in [5, 5.41) is 15.4. The van der Waals surface area contributed by atoms with Gasteiger partial charge < -0.3 is 10.1 Å². The average molecular weight is 480 g/mol. The minimum absolute atomic E-state index is 0.110. The number of halogens is 2. The van der Waals surface area contributed by atoms with Crippen molar-refractivity contribution in [3.8, 4) is 0 Å². The van der Waals surface area contributed by atoms with Crippen molar-refractivity contribution in [1.82, 2.24) is 25.5 Å². The van der Waals surface area contributed by atoms with Crippen molar-refractivity contribution in [3.05, 3.63) is 64.1 Å². The van der Waals surface area contributed by atoms with Crippen molar-refractivity contribution >= 4 is 46.8 Å². The molecule has 0 saturated carbocycles. The van der Waals surface area contributed by atoms with Gasteiger partial charge in [-0.25, -0.2) is 9.48 Å². The molecule has 1 amide bonds. The number of hydrogen-bond acceptors (Lipinski definition) is 7. The summed E-state index contributed by atoms with van der Waals surface area (Å²) in [5.74, 6) is -0.252. The summed E-state index contributed by atoms with van der Waals surface area (Å²) in [6, 6.07) is 13.6. The molecule has 3 aromatic rings. The fourth-order valence-electron chi connectivity index (χ4n) is 2.64. The van der Waals surface area contributed by atoms with Crippen molar-refractivity contribution in [2.24, 2.45) is 0 Å². The molecule has 31 heavy (non-hydrogen) atoms. The summed E-state index contributed by atoms with van der Waals surface area (Å²) in [7, 11) is 0. The molecule has 8 nitrogen and oxygen atoms in total. The summed E-state index contributed by atoms with van der Waals surface area (Å²) in [4.78, 5) is 25.6. The summed E-state index contributed by atoms with van der Waals surface area (Å²) in [6.45, 7) is 1.80. The van der Waals surface area contributed by atoms with Gasteiger partial charge in [0, 0.05) is 14.9 Å². The Labute approximate surface area is 193 Å². The second-order valence-electron chi connectivity index (χ2n) is 6.46. The first kappa shape index (κ1) is 23.1. The normalized spacial score (nSPS) is 11.7. The number of nitrogens with zero attached hydrogens (tertiary/aromatic N) is 4. The number of amides is 1. The number of carbonyl (C=O) groups is 2. The largest absolute Gasteiger partial charge is 0.445 e. The number of ether oxygens (including phenoxy) is 1. The van der Waals surface area contributed by atoms with Crippen LogP contribution in [0, 0.1) is 0 Å². The number of nitrogens with one attached hydrogen (secondary N) is 1. The minimum Gasteiger partial charge on any atom is -0.445 e. The highest BCUT2D eigenvalue weighted by atomic mass is 35.5. The van der Waals surface area contributed by atoms with E-state index in [1.54, 1.807) is 25.1 Å². The second-order valence-corrected chi connectivity index (χ2v) is 8.37. The van der Waals surface area contributed by atoms with Crippen LogP contribution in [-0.2, 0) is 22.7 Å². The van der Waals surface area contributed by atoms with Gasteiger partial charge in [0.1, 0.15) is 13.2 Å². The van der Waals surface area contributed by atoms with Crippen LogP contribution in [-0.4, -0.2) is 38.1 Å². The molecule has 0 aliphatic heterocycles. The van der Waals surface area contributed by atoms with Crippen molar-refractivity contribution < 1.29 is 14.3 Å². The molecule has 0 bridgehead atoms. The van der Waals surface area contributed by atoms with E-state index in [9.17, 15) is 9.59 Å². The maximum absolute atomic E-state index is 12.7. The Morgan fingerprint density at radius 1 is 1.16 bits per heavy atom. The molecule has 1 atom stereocenters. The molecule has 0 radical (unpaired) electrons. The van der Waals surface area contributed by atoms with Gasteiger partial charge in [0.05, 0.1) is 6.04 Å². The molecule has 2 aromatic carbocycles. The lowest BCUT2D eigenvalue weighted by molar-refractivity contribution is -0.122. The van der Waals surface area contributed by atoms with Crippen molar-refractivity contribution in [3.63, 3.8) is 0 Å². The summed E-state index contributed by atoms with van der Waals surface area (Å²) >= 11 is 13.3. The van der Waals surface area contributed by atoms with Crippen LogP contribution in [0.15, 0.2) is 58.6 Å². The van der Waals surface area contributed by atoms with E-state index in [4.69, 9.17) is 27.9 Å². The van der Waals surface area contributed by atoms with Crippen LogP contribution in [0.3, 0.4) is 0 Å². The van der Waals surface area contributed by atoms with E-state index in [0.717, 1.165) is 10.5 Å². The third-order valence-corrected chi connectivity index (χ3v) is 5.53. The third-order valence-electron chi connectivity index (χ3n) is 4.15. The third kappa shape index (κ3) is 6.95. The molecule has 0 saturated heterocycles. The van der Waals surface area contributed by atoms with Crippen molar-refractivity contribution in [2.75, 3.05) is 0 Å². The number of hydrogen-bond donors (Lipinski definition) is 1. The van der Waals surface area contributed by atoms with E-state index in [2.05, 4.69) is 20.8 Å². The molecule has 11 heteroatoms. The zero-order valence-corrected chi connectivity index (χ0v) is 18.8. The Bertz CT molecular complexity index is 1030. The Kier molecular flexibility index (Phi) is 8.27. The van der Waals surface area contributed by atoms with Gasteiger partial charge in [-0.15, -0.1) is 5.10 Å². The lowest BCUT2D eigenvalue weighted by Gasteiger charge is -2.16. The van der Waals surface area contributed by atoms with Gasteiger partial charge in [0.25, 0.3) is 0 Å². The predicted octanol–water partition coefficient (Wildman–Crippen LogP) is 4.41. The first-order valence-corrected chi connectivity index (χ1v) is 10.9. The molecule has 162 valence electrons. The van der Waals surface area contributed by atoms with Crippen LogP contribution >= 0.6 is 35.0 Å². The molecule has 1 aromatic heterocycles. The van der Waals surface area contributed by atoms with E-state index in [1.165, 1.54) is 16.4 Å². The van der Waals surface area contributed by atoms with Gasteiger partial charge >= 0.3 is 6.09 Å². The number of Topliss-reactive ketones (excluding diaryl/α,β-unsaturated/α-hetero) is 1. The van der Waals surface area contributed by atoms with Gasteiger partial charge in [-0.2, -0.15) is 0 Å². The van der Waals surface area contributed by atoms with E-state index >= 15 is 0 Å². The highest BCUT2D eigenvalue weighted by Gasteiger charge is 2.22. The predicted molar refractivity (Wildman–Crippen MR) is 117 cm³/mol. The molecular weight excluding hydrogens is 461 g/mol. The van der Waals surface area contributed by atoms with Crippen molar-refractivity contribution in [2.45, 2.75) is 42.6 Å². The van der Waals surface area contributed by atoms with Crippen molar-refractivity contribution in [1.29, 1.82) is 0 Å². The van der Waals surface area contributed by atoms with Gasteiger partial charge in [-0.3, -0.25) is 4.79 Å². The monoisotopic (exact) mass is 479 g/mol.